The van der Waals surface area contributed by atoms with Crippen LogP contribution in [-0.4, -0.2) is 43.1 Å². The summed E-state index contributed by atoms with van der Waals surface area (Å²) in [4.78, 5) is 17.8. The molecule has 0 bridgehead atoms. The molecular formula is C14H17NO5S. The molecule has 114 valence electrons. The van der Waals surface area contributed by atoms with Crippen molar-refractivity contribution in [2.45, 2.75) is 42.2 Å². The Bertz CT molecular complexity index is 659. The molecule has 1 aromatic rings. The number of esters is 1. The summed E-state index contributed by atoms with van der Waals surface area (Å²) in [5.41, 5.74) is -2.12. The zero-order valence-electron chi connectivity index (χ0n) is 11.9. The van der Waals surface area contributed by atoms with Crippen LogP contribution in [0.25, 0.3) is 0 Å². The molecule has 3 atom stereocenters. The number of hydrogen-bond donors (Lipinski definition) is 0. The number of cyclic esters (lactones) is 1. The van der Waals surface area contributed by atoms with E-state index in [2.05, 4.69) is 0 Å². The Balaban J connectivity index is 1.95. The van der Waals surface area contributed by atoms with E-state index in [0.717, 1.165) is 0 Å². The van der Waals surface area contributed by atoms with Crippen molar-refractivity contribution in [3.05, 3.63) is 30.3 Å². The van der Waals surface area contributed by atoms with Crippen molar-refractivity contribution in [3.63, 3.8) is 0 Å². The number of hydroxylamine groups is 2. The molecule has 0 amide bonds. The maximum absolute atomic E-state index is 12.6. The second-order valence-electron chi connectivity index (χ2n) is 5.64. The van der Waals surface area contributed by atoms with Crippen molar-refractivity contribution in [3.8, 4) is 0 Å². The van der Waals surface area contributed by atoms with Crippen LogP contribution >= 0.6 is 0 Å². The molecule has 0 aromatic heterocycles. The molecule has 2 saturated heterocycles. The minimum absolute atomic E-state index is 0.0629. The number of hydrogen-bond acceptors (Lipinski definition) is 6. The van der Waals surface area contributed by atoms with Crippen LogP contribution in [0, 0.1) is 0 Å². The molecule has 7 heteroatoms. The van der Waals surface area contributed by atoms with Crippen molar-refractivity contribution in [2.75, 3.05) is 6.61 Å². The molecular weight excluding hydrogens is 294 g/mol. The quantitative estimate of drug-likeness (QED) is 0.762. The molecule has 3 rings (SSSR count). The van der Waals surface area contributed by atoms with E-state index in [1.165, 1.54) is 17.2 Å². The standard InChI is InChI=1S/C14H17NO5S/c1-10-9-19-13(16)14(2)8-12(20-15(10)14)21(17,18)11-6-4-3-5-7-11/h3-7,10,12H,8-9H2,1-2H3. The first kappa shape index (κ1) is 14.5. The molecule has 3 unspecified atom stereocenters. The first-order valence-electron chi connectivity index (χ1n) is 6.78. The van der Waals surface area contributed by atoms with Crippen LogP contribution in [0.5, 0.6) is 0 Å². The number of fused-ring (bicyclic) bond motifs is 1. The molecule has 0 saturated carbocycles. The van der Waals surface area contributed by atoms with Gasteiger partial charge >= 0.3 is 5.97 Å². The van der Waals surface area contributed by atoms with Crippen LogP contribution < -0.4 is 0 Å². The van der Waals surface area contributed by atoms with E-state index in [1.807, 2.05) is 6.92 Å². The smallest absolute Gasteiger partial charge is 0.328 e. The second kappa shape index (κ2) is 4.79. The summed E-state index contributed by atoms with van der Waals surface area (Å²) in [5.74, 6) is -0.439. The third-order valence-corrected chi connectivity index (χ3v) is 5.87. The average Bonchev–Trinajstić information content (AvgIpc) is 2.85. The van der Waals surface area contributed by atoms with Gasteiger partial charge in [0.1, 0.15) is 12.1 Å². The predicted molar refractivity (Wildman–Crippen MR) is 73.8 cm³/mol. The van der Waals surface area contributed by atoms with Gasteiger partial charge in [-0.3, -0.25) is 4.84 Å². The Kier molecular flexibility index (Phi) is 3.31. The predicted octanol–water partition coefficient (Wildman–Crippen LogP) is 1.13. The van der Waals surface area contributed by atoms with Gasteiger partial charge in [0.05, 0.1) is 10.9 Å². The average molecular weight is 311 g/mol. The molecule has 1 aromatic carbocycles. The highest BCUT2D eigenvalue weighted by molar-refractivity contribution is 7.92. The largest absolute Gasteiger partial charge is 0.462 e. The Morgan fingerprint density at radius 3 is 2.57 bits per heavy atom. The molecule has 2 fully saturated rings. The van der Waals surface area contributed by atoms with Crippen LogP contribution in [0.4, 0.5) is 0 Å². The van der Waals surface area contributed by atoms with E-state index < -0.39 is 26.8 Å². The lowest BCUT2D eigenvalue weighted by Gasteiger charge is -2.38. The van der Waals surface area contributed by atoms with Crippen LogP contribution in [0.1, 0.15) is 20.3 Å². The highest BCUT2D eigenvalue weighted by Crippen LogP contribution is 2.40. The molecule has 2 aliphatic rings. The van der Waals surface area contributed by atoms with E-state index in [0.29, 0.717) is 0 Å². The number of benzene rings is 1. The Hall–Kier alpha value is -1.44. The third-order valence-electron chi connectivity index (χ3n) is 4.00. The summed E-state index contributed by atoms with van der Waals surface area (Å²) in [6, 6.07) is 7.95. The molecule has 2 heterocycles. The fourth-order valence-corrected chi connectivity index (χ4v) is 4.40. The van der Waals surface area contributed by atoms with Gasteiger partial charge in [-0.15, -0.1) is 0 Å². The van der Waals surface area contributed by atoms with Gasteiger partial charge in [-0.25, -0.2) is 13.2 Å². The van der Waals surface area contributed by atoms with Crippen LogP contribution in [0.2, 0.25) is 0 Å². The maximum atomic E-state index is 12.6. The van der Waals surface area contributed by atoms with Crippen molar-refractivity contribution in [2.24, 2.45) is 0 Å². The summed E-state index contributed by atoms with van der Waals surface area (Å²) in [6.45, 7) is 3.69. The first-order chi connectivity index (χ1) is 9.85. The van der Waals surface area contributed by atoms with Crippen molar-refractivity contribution in [1.29, 1.82) is 0 Å². The number of rotatable bonds is 2. The van der Waals surface area contributed by atoms with Gasteiger partial charge in [0.25, 0.3) is 0 Å². The summed E-state index contributed by atoms with van der Waals surface area (Å²) in [7, 11) is -3.65. The second-order valence-corrected chi connectivity index (χ2v) is 7.73. The Morgan fingerprint density at radius 1 is 1.29 bits per heavy atom. The molecule has 0 radical (unpaired) electrons. The van der Waals surface area contributed by atoms with Crippen molar-refractivity contribution < 1.29 is 22.8 Å². The zero-order valence-corrected chi connectivity index (χ0v) is 12.7. The normalized spacial score (nSPS) is 33.5. The number of nitrogens with zero attached hydrogens (tertiary/aromatic N) is 1. The van der Waals surface area contributed by atoms with E-state index in [4.69, 9.17) is 9.57 Å². The molecule has 6 nitrogen and oxygen atoms in total. The van der Waals surface area contributed by atoms with Gasteiger partial charge in [0, 0.05) is 6.42 Å². The number of carbonyl (C=O) groups excluding carboxylic acids is 1. The monoisotopic (exact) mass is 311 g/mol. The van der Waals surface area contributed by atoms with Gasteiger partial charge in [-0.2, -0.15) is 5.06 Å². The van der Waals surface area contributed by atoms with E-state index >= 15 is 0 Å². The lowest BCUT2D eigenvalue weighted by atomic mass is 9.96. The number of ether oxygens (including phenoxy) is 1. The van der Waals surface area contributed by atoms with Gasteiger partial charge in [0.2, 0.25) is 9.84 Å². The van der Waals surface area contributed by atoms with Crippen LogP contribution in [0.15, 0.2) is 35.2 Å². The molecule has 0 N–H and O–H groups in total. The minimum atomic E-state index is -3.65. The van der Waals surface area contributed by atoms with Crippen molar-refractivity contribution >= 4 is 15.8 Å². The SMILES string of the molecule is CC1COC(=O)C2(C)CC(S(=O)(=O)c3ccccc3)ON12. The van der Waals surface area contributed by atoms with Gasteiger partial charge in [0.15, 0.2) is 5.44 Å². The minimum Gasteiger partial charge on any atom is -0.462 e. The first-order valence-corrected chi connectivity index (χ1v) is 8.32. The molecule has 0 aliphatic carbocycles. The topological polar surface area (TPSA) is 72.9 Å². The summed E-state index contributed by atoms with van der Waals surface area (Å²) >= 11 is 0. The number of sulfone groups is 1. The zero-order chi connectivity index (χ0) is 15.3. The van der Waals surface area contributed by atoms with Gasteiger partial charge < -0.3 is 4.74 Å². The molecule has 2 aliphatic heterocycles. The molecule has 0 spiro atoms. The van der Waals surface area contributed by atoms with Gasteiger partial charge in [-0.05, 0) is 26.0 Å². The highest BCUT2D eigenvalue weighted by atomic mass is 32.2. The third kappa shape index (κ3) is 2.16. The number of carbonyl (C=O) groups is 1. The maximum Gasteiger partial charge on any atom is 0.328 e. The van der Waals surface area contributed by atoms with Crippen LogP contribution in [0.3, 0.4) is 0 Å². The number of morpholine rings is 1. The fraction of sp³-hybridized carbons (Fsp3) is 0.500. The highest BCUT2D eigenvalue weighted by Gasteiger charge is 2.58. The fourth-order valence-electron chi connectivity index (χ4n) is 2.81. The van der Waals surface area contributed by atoms with E-state index in [-0.39, 0.29) is 24.0 Å². The van der Waals surface area contributed by atoms with Crippen molar-refractivity contribution in [1.82, 2.24) is 5.06 Å². The lowest BCUT2D eigenvalue weighted by molar-refractivity contribution is -0.234. The van der Waals surface area contributed by atoms with Gasteiger partial charge in [-0.1, -0.05) is 18.2 Å². The Labute approximate surface area is 123 Å². The molecule has 21 heavy (non-hydrogen) atoms. The van der Waals surface area contributed by atoms with E-state index in [9.17, 15) is 13.2 Å². The summed E-state index contributed by atoms with van der Waals surface area (Å²) < 4.78 is 30.4. The van der Waals surface area contributed by atoms with E-state index in [1.54, 1.807) is 25.1 Å². The summed E-state index contributed by atoms with van der Waals surface area (Å²) in [5, 5.41) is 1.48. The Morgan fingerprint density at radius 2 is 1.95 bits per heavy atom. The summed E-state index contributed by atoms with van der Waals surface area (Å²) in [6.07, 6.45) is 0.0629. The van der Waals surface area contributed by atoms with Crippen LogP contribution in [-0.2, 0) is 24.2 Å². The lowest BCUT2D eigenvalue weighted by Crippen LogP contribution is -2.57.